The maximum Gasteiger partial charge on any atom is 0.303 e. The van der Waals surface area contributed by atoms with E-state index in [0.717, 1.165) is 6.20 Å². The first-order chi connectivity index (χ1) is 5.11. The molecule has 0 unspecified atom stereocenters. The molecule has 0 saturated heterocycles. The molecule has 11 heavy (non-hydrogen) atoms. The molecule has 58 valence electrons. The third-order valence-corrected chi connectivity index (χ3v) is 1.54. The molecule has 3 N–H and O–H groups in total. The standard InChI is InChI=1S/C6H5BrFN3/c7-6(10)11-3-4(8)1-2-5(11)9/h1-3,9-10H/p+1. The van der Waals surface area contributed by atoms with Crippen LogP contribution in [0, 0.1) is 11.2 Å². The molecule has 0 aliphatic carbocycles. The van der Waals surface area contributed by atoms with Gasteiger partial charge in [0.25, 0.3) is 0 Å². The highest BCUT2D eigenvalue weighted by molar-refractivity contribution is 9.18. The van der Waals surface area contributed by atoms with Crippen LogP contribution >= 0.6 is 15.9 Å². The van der Waals surface area contributed by atoms with E-state index < -0.39 is 5.82 Å². The van der Waals surface area contributed by atoms with Gasteiger partial charge in [0.1, 0.15) is 6.20 Å². The van der Waals surface area contributed by atoms with Gasteiger partial charge in [0.05, 0.1) is 0 Å². The molecule has 0 spiro atoms. The van der Waals surface area contributed by atoms with Crippen molar-refractivity contribution in [2.24, 2.45) is 0 Å². The third kappa shape index (κ3) is 1.74. The number of nitrogens with two attached hydrogens (primary N) is 1. The lowest BCUT2D eigenvalue weighted by molar-refractivity contribution is -0.536. The Morgan fingerprint density at radius 1 is 1.64 bits per heavy atom. The van der Waals surface area contributed by atoms with Gasteiger partial charge in [-0.2, -0.15) is 9.98 Å². The fourth-order valence-corrected chi connectivity index (χ4v) is 0.963. The van der Waals surface area contributed by atoms with E-state index in [-0.39, 0.29) is 4.74 Å². The van der Waals surface area contributed by atoms with Gasteiger partial charge in [-0.05, 0) is 6.07 Å². The van der Waals surface area contributed by atoms with Crippen molar-refractivity contribution in [2.75, 3.05) is 5.73 Å². The molecular formula is C6H6BrFN3+. The van der Waals surface area contributed by atoms with Gasteiger partial charge in [0.2, 0.25) is 5.82 Å². The Morgan fingerprint density at radius 2 is 2.27 bits per heavy atom. The summed E-state index contributed by atoms with van der Waals surface area (Å²) in [7, 11) is 0. The number of nitrogen functional groups attached to an aromatic ring is 1. The van der Waals surface area contributed by atoms with Crippen molar-refractivity contribution in [1.29, 1.82) is 5.41 Å². The minimum Gasteiger partial charge on any atom is -0.318 e. The number of nitrogens with one attached hydrogen (secondary N) is 1. The van der Waals surface area contributed by atoms with Crippen LogP contribution in [0.25, 0.3) is 0 Å². The van der Waals surface area contributed by atoms with Crippen LogP contribution < -0.4 is 10.3 Å². The molecule has 0 aliphatic rings. The number of aromatic nitrogens is 1. The summed E-state index contributed by atoms with van der Waals surface area (Å²) in [6.45, 7) is 0. The van der Waals surface area contributed by atoms with E-state index in [1.807, 2.05) is 0 Å². The van der Waals surface area contributed by atoms with Crippen molar-refractivity contribution >= 4 is 26.5 Å². The summed E-state index contributed by atoms with van der Waals surface area (Å²) >= 11 is 2.87. The smallest absolute Gasteiger partial charge is 0.303 e. The van der Waals surface area contributed by atoms with E-state index in [0.29, 0.717) is 5.82 Å². The van der Waals surface area contributed by atoms with Crippen LogP contribution in [0.3, 0.4) is 0 Å². The zero-order valence-electron chi connectivity index (χ0n) is 5.51. The number of pyridine rings is 1. The molecule has 0 atom stereocenters. The predicted octanol–water partition coefficient (Wildman–Crippen LogP) is 0.873. The molecule has 1 heterocycles. The van der Waals surface area contributed by atoms with Gasteiger partial charge in [0.15, 0.2) is 5.82 Å². The van der Waals surface area contributed by atoms with E-state index in [1.165, 1.54) is 16.7 Å². The summed E-state index contributed by atoms with van der Waals surface area (Å²) in [5.41, 5.74) is 5.42. The van der Waals surface area contributed by atoms with Crippen molar-refractivity contribution in [3.05, 3.63) is 24.1 Å². The van der Waals surface area contributed by atoms with Crippen LogP contribution in [-0.2, 0) is 0 Å². The van der Waals surface area contributed by atoms with Crippen LogP contribution in [-0.4, -0.2) is 4.74 Å². The topological polar surface area (TPSA) is 53.8 Å². The highest BCUT2D eigenvalue weighted by Gasteiger charge is 2.07. The molecule has 0 radical (unpaired) electrons. The van der Waals surface area contributed by atoms with Crippen molar-refractivity contribution in [2.45, 2.75) is 0 Å². The normalized spacial score (nSPS) is 9.64. The third-order valence-electron chi connectivity index (χ3n) is 1.16. The zero-order valence-corrected chi connectivity index (χ0v) is 7.10. The molecule has 0 bridgehead atoms. The summed E-state index contributed by atoms with van der Waals surface area (Å²) in [5.74, 6) is -0.114. The second kappa shape index (κ2) is 2.96. The molecule has 0 amide bonds. The van der Waals surface area contributed by atoms with Crippen molar-refractivity contribution in [3.63, 3.8) is 0 Å². The van der Waals surface area contributed by atoms with Crippen molar-refractivity contribution in [1.82, 2.24) is 0 Å². The largest absolute Gasteiger partial charge is 0.318 e. The molecule has 3 nitrogen and oxygen atoms in total. The first-order valence-electron chi connectivity index (χ1n) is 2.82. The molecule has 1 rings (SSSR count). The first-order valence-corrected chi connectivity index (χ1v) is 3.61. The quantitative estimate of drug-likeness (QED) is 0.379. The number of hydrogen-bond donors (Lipinski definition) is 2. The number of anilines is 1. The van der Waals surface area contributed by atoms with Gasteiger partial charge in [0, 0.05) is 22.0 Å². The maximum absolute atomic E-state index is 12.5. The average molecular weight is 219 g/mol. The van der Waals surface area contributed by atoms with E-state index >= 15 is 0 Å². The number of halogens is 2. The molecular weight excluding hydrogens is 213 g/mol. The fraction of sp³-hybridized carbons (Fsp3) is 0. The molecule has 1 aromatic heterocycles. The Labute approximate surface area is 71.3 Å². The summed E-state index contributed by atoms with van der Waals surface area (Å²) < 4.78 is 13.7. The van der Waals surface area contributed by atoms with Crippen molar-refractivity contribution in [3.8, 4) is 0 Å². The lowest BCUT2D eigenvalue weighted by Gasteiger charge is -1.97. The van der Waals surface area contributed by atoms with Crippen LogP contribution in [0.5, 0.6) is 0 Å². The number of rotatable bonds is 0. The zero-order chi connectivity index (χ0) is 8.43. The first kappa shape index (κ1) is 8.13. The van der Waals surface area contributed by atoms with E-state index in [9.17, 15) is 4.39 Å². The van der Waals surface area contributed by atoms with E-state index in [1.54, 1.807) is 0 Å². The Hall–Kier alpha value is -0.970. The highest BCUT2D eigenvalue weighted by atomic mass is 79.9. The molecule has 5 heteroatoms. The Bertz CT molecular complexity index is 300. The number of hydrogen-bond acceptors (Lipinski definition) is 2. The second-order valence-electron chi connectivity index (χ2n) is 1.93. The minimum absolute atomic E-state index is 0.00880. The monoisotopic (exact) mass is 218 g/mol. The van der Waals surface area contributed by atoms with Crippen LogP contribution in [0.4, 0.5) is 10.2 Å². The Morgan fingerprint density at radius 3 is 2.73 bits per heavy atom. The lowest BCUT2D eigenvalue weighted by atomic mass is 10.4. The van der Waals surface area contributed by atoms with Crippen LogP contribution in [0.2, 0.25) is 0 Å². The van der Waals surface area contributed by atoms with Crippen LogP contribution in [0.1, 0.15) is 0 Å². The highest BCUT2D eigenvalue weighted by Crippen LogP contribution is 1.97. The number of nitrogens with zero attached hydrogens (tertiary/aromatic N) is 1. The summed E-state index contributed by atoms with van der Waals surface area (Å²) in [6, 6.07) is 2.63. The fourth-order valence-electron chi connectivity index (χ4n) is 0.656. The van der Waals surface area contributed by atoms with Gasteiger partial charge < -0.3 is 5.73 Å². The molecule has 1 aromatic rings. The molecule has 0 saturated carbocycles. The molecule has 0 fully saturated rings. The summed E-state index contributed by atoms with van der Waals surface area (Å²) in [4.78, 5) is 0. The van der Waals surface area contributed by atoms with E-state index in [4.69, 9.17) is 11.1 Å². The van der Waals surface area contributed by atoms with Gasteiger partial charge in [-0.25, -0.2) is 4.39 Å². The van der Waals surface area contributed by atoms with Gasteiger partial charge in [-0.3, -0.25) is 0 Å². The maximum atomic E-state index is 12.5. The van der Waals surface area contributed by atoms with Gasteiger partial charge in [-0.1, -0.05) is 0 Å². The summed E-state index contributed by atoms with van der Waals surface area (Å²) in [6.07, 6.45) is 1.13. The van der Waals surface area contributed by atoms with Crippen LogP contribution in [0.15, 0.2) is 18.3 Å². The SMILES string of the molecule is N=C(Br)[n+]1cc(F)ccc1N. The molecule has 0 aromatic carbocycles. The van der Waals surface area contributed by atoms with E-state index in [2.05, 4.69) is 15.9 Å². The molecule has 0 aliphatic heterocycles. The Balaban J connectivity index is 3.23. The van der Waals surface area contributed by atoms with Crippen molar-refractivity contribution < 1.29 is 8.96 Å². The predicted molar refractivity (Wildman–Crippen MR) is 43.1 cm³/mol. The second-order valence-corrected chi connectivity index (χ2v) is 2.68. The average Bonchev–Trinajstić information content (AvgIpc) is 1.94. The Kier molecular flexibility index (Phi) is 2.19. The van der Waals surface area contributed by atoms with Gasteiger partial charge in [-0.15, -0.1) is 0 Å². The lowest BCUT2D eigenvalue weighted by Crippen LogP contribution is -2.41. The summed E-state index contributed by atoms with van der Waals surface area (Å²) in [5, 5.41) is 7.11. The van der Waals surface area contributed by atoms with Gasteiger partial charge >= 0.3 is 4.74 Å². The minimum atomic E-state index is -0.427.